The van der Waals surface area contributed by atoms with Crippen molar-refractivity contribution in [1.82, 2.24) is 4.98 Å². The zero-order valence-corrected chi connectivity index (χ0v) is 7.59. The molecule has 0 amide bonds. The van der Waals surface area contributed by atoms with Gasteiger partial charge in [0, 0.05) is 11.6 Å². The van der Waals surface area contributed by atoms with Gasteiger partial charge in [-0.1, -0.05) is 18.2 Å². The second-order valence-corrected chi connectivity index (χ2v) is 2.35. The van der Waals surface area contributed by atoms with Crippen LogP contribution in [0.3, 0.4) is 0 Å². The molecule has 1 N–H and O–H groups in total. The number of hydrogen-bond donors (Lipinski definition) is 1. The molecule has 12 heavy (non-hydrogen) atoms. The quantitative estimate of drug-likeness (QED) is 0.611. The number of phenols is 1. The van der Waals surface area contributed by atoms with Crippen LogP contribution >= 0.6 is 0 Å². The molecule has 0 radical (unpaired) electrons. The standard InChI is InChI=1S/C9H7NO.Al/c11-8-5-1-3-7-4-2-6-10-9(7)8;/h1-6,11H;/q;+3. The van der Waals surface area contributed by atoms with E-state index in [9.17, 15) is 5.11 Å². The summed E-state index contributed by atoms with van der Waals surface area (Å²) in [6.45, 7) is 0. The van der Waals surface area contributed by atoms with E-state index in [0.29, 0.717) is 5.52 Å². The predicted octanol–water partition coefficient (Wildman–Crippen LogP) is 1.56. The fourth-order valence-corrected chi connectivity index (χ4v) is 1.09. The summed E-state index contributed by atoms with van der Waals surface area (Å²) in [5.74, 6) is 0.239. The molecule has 1 aromatic heterocycles. The molecule has 1 aromatic carbocycles. The summed E-state index contributed by atoms with van der Waals surface area (Å²) < 4.78 is 0. The van der Waals surface area contributed by atoms with Crippen LogP contribution in [-0.4, -0.2) is 27.5 Å². The molecule has 0 fully saturated rings. The van der Waals surface area contributed by atoms with E-state index in [1.165, 1.54) is 0 Å². The first-order valence-electron chi connectivity index (χ1n) is 3.40. The maximum atomic E-state index is 9.31. The molecule has 0 saturated carbocycles. The van der Waals surface area contributed by atoms with Crippen LogP contribution < -0.4 is 0 Å². The largest absolute Gasteiger partial charge is 3.00 e. The third kappa shape index (κ3) is 1.43. The second-order valence-electron chi connectivity index (χ2n) is 2.35. The van der Waals surface area contributed by atoms with Gasteiger partial charge in [0.15, 0.2) is 0 Å². The van der Waals surface area contributed by atoms with Crippen molar-refractivity contribution >= 4 is 28.3 Å². The Morgan fingerprint density at radius 3 is 2.58 bits per heavy atom. The van der Waals surface area contributed by atoms with E-state index in [-0.39, 0.29) is 23.1 Å². The fourth-order valence-electron chi connectivity index (χ4n) is 1.09. The number of rotatable bonds is 0. The van der Waals surface area contributed by atoms with E-state index in [2.05, 4.69) is 4.98 Å². The number of nitrogens with zero attached hydrogens (tertiary/aromatic N) is 1. The molecule has 0 unspecified atom stereocenters. The van der Waals surface area contributed by atoms with Crippen molar-refractivity contribution in [2.45, 2.75) is 0 Å². The van der Waals surface area contributed by atoms with Crippen molar-refractivity contribution in [2.24, 2.45) is 0 Å². The maximum Gasteiger partial charge on any atom is 3.00 e. The van der Waals surface area contributed by atoms with Crippen LogP contribution in [0.1, 0.15) is 0 Å². The molecule has 54 valence electrons. The molecule has 0 spiro atoms. The first-order chi connectivity index (χ1) is 5.38. The van der Waals surface area contributed by atoms with Crippen LogP contribution in [0.5, 0.6) is 5.75 Å². The average molecular weight is 172 g/mol. The van der Waals surface area contributed by atoms with Crippen LogP contribution in [0, 0.1) is 0 Å². The molecular formula is C9H7AlNO+3. The molecule has 0 aliphatic heterocycles. The van der Waals surface area contributed by atoms with Crippen molar-refractivity contribution < 1.29 is 5.11 Å². The van der Waals surface area contributed by atoms with E-state index >= 15 is 0 Å². The molecule has 2 nitrogen and oxygen atoms in total. The molecule has 2 aromatic rings. The van der Waals surface area contributed by atoms with Crippen molar-refractivity contribution in [3.8, 4) is 5.75 Å². The molecule has 3 heteroatoms. The summed E-state index contributed by atoms with van der Waals surface area (Å²) in [7, 11) is 0. The van der Waals surface area contributed by atoms with Gasteiger partial charge in [0.1, 0.15) is 11.3 Å². The number of fused-ring (bicyclic) bond motifs is 1. The van der Waals surface area contributed by atoms with Crippen molar-refractivity contribution in [3.05, 3.63) is 36.5 Å². The number of para-hydroxylation sites is 1. The SMILES string of the molecule is Oc1cccc2cccnc12.[Al+3]. The van der Waals surface area contributed by atoms with E-state index < -0.39 is 0 Å². The zero-order chi connectivity index (χ0) is 7.68. The van der Waals surface area contributed by atoms with Gasteiger partial charge >= 0.3 is 17.4 Å². The molecule has 0 saturated heterocycles. The Morgan fingerprint density at radius 1 is 1.08 bits per heavy atom. The Hall–Kier alpha value is -1.04. The Kier molecular flexibility index (Phi) is 2.70. The summed E-state index contributed by atoms with van der Waals surface area (Å²) in [5.41, 5.74) is 0.662. The van der Waals surface area contributed by atoms with E-state index in [4.69, 9.17) is 0 Å². The first-order valence-corrected chi connectivity index (χ1v) is 3.40. The van der Waals surface area contributed by atoms with Crippen LogP contribution in [0.4, 0.5) is 0 Å². The van der Waals surface area contributed by atoms with Crippen LogP contribution in [-0.2, 0) is 0 Å². The summed E-state index contributed by atoms with van der Waals surface area (Å²) in [6, 6.07) is 9.13. The maximum absolute atomic E-state index is 9.31. The molecular weight excluding hydrogens is 165 g/mol. The van der Waals surface area contributed by atoms with E-state index in [0.717, 1.165) is 5.39 Å². The van der Waals surface area contributed by atoms with Gasteiger partial charge in [0.2, 0.25) is 0 Å². The Morgan fingerprint density at radius 2 is 1.83 bits per heavy atom. The van der Waals surface area contributed by atoms with Crippen LogP contribution in [0.2, 0.25) is 0 Å². The molecule has 0 atom stereocenters. The van der Waals surface area contributed by atoms with Crippen LogP contribution in [0.25, 0.3) is 10.9 Å². The molecule has 2 rings (SSSR count). The van der Waals surface area contributed by atoms with Crippen molar-refractivity contribution in [1.29, 1.82) is 0 Å². The first kappa shape index (κ1) is 9.05. The summed E-state index contributed by atoms with van der Waals surface area (Å²) in [4.78, 5) is 4.03. The summed E-state index contributed by atoms with van der Waals surface area (Å²) >= 11 is 0. The monoisotopic (exact) mass is 172 g/mol. The topological polar surface area (TPSA) is 33.1 Å². The summed E-state index contributed by atoms with van der Waals surface area (Å²) in [5, 5.41) is 10.3. The Labute approximate surface area is 81.0 Å². The van der Waals surface area contributed by atoms with Gasteiger partial charge < -0.3 is 5.11 Å². The fraction of sp³-hybridized carbons (Fsp3) is 0. The third-order valence-electron chi connectivity index (χ3n) is 1.61. The Bertz CT molecular complexity index is 384. The smallest absolute Gasteiger partial charge is 0.506 e. The van der Waals surface area contributed by atoms with Gasteiger partial charge in [-0.15, -0.1) is 0 Å². The van der Waals surface area contributed by atoms with Crippen molar-refractivity contribution in [3.63, 3.8) is 0 Å². The molecule has 0 bridgehead atoms. The van der Waals surface area contributed by atoms with Gasteiger partial charge in [0.25, 0.3) is 0 Å². The number of phenolic OH excluding ortho intramolecular Hbond substituents is 1. The van der Waals surface area contributed by atoms with Crippen molar-refractivity contribution in [2.75, 3.05) is 0 Å². The zero-order valence-electron chi connectivity index (χ0n) is 6.44. The third-order valence-corrected chi connectivity index (χ3v) is 1.61. The predicted molar refractivity (Wildman–Crippen MR) is 49.2 cm³/mol. The van der Waals surface area contributed by atoms with E-state index in [1.54, 1.807) is 18.3 Å². The number of aromatic nitrogens is 1. The van der Waals surface area contributed by atoms with Gasteiger partial charge in [-0.05, 0) is 12.1 Å². The number of hydrogen-bond acceptors (Lipinski definition) is 2. The average Bonchev–Trinajstić information content (AvgIpc) is 2.06. The summed E-state index contributed by atoms with van der Waals surface area (Å²) in [6.07, 6.45) is 1.67. The molecule has 0 aliphatic carbocycles. The minimum absolute atomic E-state index is 0. The second kappa shape index (κ2) is 3.57. The molecule has 1 heterocycles. The van der Waals surface area contributed by atoms with Gasteiger partial charge in [-0.25, -0.2) is 0 Å². The van der Waals surface area contributed by atoms with Gasteiger partial charge in [-0.2, -0.15) is 0 Å². The van der Waals surface area contributed by atoms with Gasteiger partial charge in [-0.3, -0.25) is 4.98 Å². The Balaban J connectivity index is 0.000000720. The number of benzene rings is 1. The number of aromatic hydroxyl groups is 1. The van der Waals surface area contributed by atoms with E-state index in [1.807, 2.05) is 18.2 Å². The minimum atomic E-state index is 0. The number of pyridine rings is 1. The minimum Gasteiger partial charge on any atom is -0.506 e. The van der Waals surface area contributed by atoms with Crippen LogP contribution in [0.15, 0.2) is 36.5 Å². The van der Waals surface area contributed by atoms with Gasteiger partial charge in [0.05, 0.1) is 0 Å². The normalized spacial score (nSPS) is 9.33. The molecule has 0 aliphatic rings.